The first-order chi connectivity index (χ1) is 7.69. The van der Waals surface area contributed by atoms with Gasteiger partial charge in [-0.05, 0) is 12.5 Å². The molecule has 0 unspecified atom stereocenters. The Morgan fingerprint density at radius 2 is 2.25 bits per heavy atom. The van der Waals surface area contributed by atoms with Gasteiger partial charge in [-0.2, -0.15) is 0 Å². The molecule has 0 bridgehead atoms. The van der Waals surface area contributed by atoms with Gasteiger partial charge in [0.1, 0.15) is 0 Å². The monoisotopic (exact) mass is 241 g/mol. The first kappa shape index (κ1) is 12.7. The standard InChI is InChI=1S/C10H11NO4S/c12-4-1-5-16-10-3-2-9(11(14)15)6-8(10)7-13/h2-3,6-7,12H,1,4-5H2. The number of nitrogens with zero attached hydrogens (tertiary/aromatic N) is 1. The summed E-state index contributed by atoms with van der Waals surface area (Å²) in [7, 11) is 0. The number of nitro benzene ring substituents is 1. The number of aliphatic hydroxyl groups excluding tert-OH is 1. The van der Waals surface area contributed by atoms with Crippen LogP contribution < -0.4 is 0 Å². The molecule has 0 heterocycles. The van der Waals surface area contributed by atoms with Gasteiger partial charge in [0.15, 0.2) is 6.29 Å². The van der Waals surface area contributed by atoms with Crippen LogP contribution in [0, 0.1) is 10.1 Å². The maximum atomic E-state index is 10.7. The van der Waals surface area contributed by atoms with E-state index in [9.17, 15) is 14.9 Å². The molecule has 0 fully saturated rings. The van der Waals surface area contributed by atoms with Crippen LogP contribution in [0.5, 0.6) is 0 Å². The molecule has 86 valence electrons. The number of aliphatic hydroxyl groups is 1. The molecule has 1 aromatic carbocycles. The maximum absolute atomic E-state index is 10.7. The topological polar surface area (TPSA) is 80.4 Å². The summed E-state index contributed by atoms with van der Waals surface area (Å²) in [4.78, 5) is 21.4. The number of thioether (sulfide) groups is 1. The fourth-order valence-electron chi connectivity index (χ4n) is 1.12. The van der Waals surface area contributed by atoms with Crippen LogP contribution in [-0.4, -0.2) is 28.7 Å². The normalized spacial score (nSPS) is 10.1. The lowest BCUT2D eigenvalue weighted by Gasteiger charge is -2.03. The minimum absolute atomic E-state index is 0.0893. The van der Waals surface area contributed by atoms with Crippen molar-refractivity contribution in [2.75, 3.05) is 12.4 Å². The van der Waals surface area contributed by atoms with Crippen LogP contribution in [-0.2, 0) is 0 Å². The van der Waals surface area contributed by atoms with E-state index in [2.05, 4.69) is 0 Å². The molecule has 6 heteroatoms. The Morgan fingerprint density at radius 3 is 2.81 bits per heavy atom. The van der Waals surface area contributed by atoms with E-state index in [0.29, 0.717) is 28.9 Å². The van der Waals surface area contributed by atoms with Gasteiger partial charge in [-0.25, -0.2) is 0 Å². The van der Waals surface area contributed by atoms with Crippen LogP contribution in [0.3, 0.4) is 0 Å². The van der Waals surface area contributed by atoms with E-state index in [1.54, 1.807) is 6.07 Å². The summed E-state index contributed by atoms with van der Waals surface area (Å²) >= 11 is 1.40. The highest BCUT2D eigenvalue weighted by molar-refractivity contribution is 7.99. The smallest absolute Gasteiger partial charge is 0.270 e. The van der Waals surface area contributed by atoms with Crippen molar-refractivity contribution >= 4 is 23.7 Å². The summed E-state index contributed by atoms with van der Waals surface area (Å²) in [5.41, 5.74) is 0.228. The highest BCUT2D eigenvalue weighted by Gasteiger charge is 2.10. The summed E-state index contributed by atoms with van der Waals surface area (Å²) in [6.45, 7) is 0.0937. The number of carbonyl (C=O) groups is 1. The zero-order valence-electron chi connectivity index (χ0n) is 8.46. The average molecular weight is 241 g/mol. The second-order valence-electron chi connectivity index (χ2n) is 3.02. The Hall–Kier alpha value is -1.40. The lowest BCUT2D eigenvalue weighted by Crippen LogP contribution is -1.93. The van der Waals surface area contributed by atoms with Crippen molar-refractivity contribution in [2.45, 2.75) is 11.3 Å². The van der Waals surface area contributed by atoms with Gasteiger partial charge in [-0.15, -0.1) is 11.8 Å². The van der Waals surface area contributed by atoms with Gasteiger partial charge >= 0.3 is 0 Å². The zero-order chi connectivity index (χ0) is 12.0. The van der Waals surface area contributed by atoms with E-state index >= 15 is 0 Å². The van der Waals surface area contributed by atoms with Crippen LogP contribution in [0.25, 0.3) is 0 Å². The Labute approximate surface area is 96.6 Å². The van der Waals surface area contributed by atoms with Crippen molar-refractivity contribution < 1.29 is 14.8 Å². The molecule has 0 amide bonds. The van der Waals surface area contributed by atoms with Crippen molar-refractivity contribution in [1.29, 1.82) is 0 Å². The zero-order valence-corrected chi connectivity index (χ0v) is 9.27. The second kappa shape index (κ2) is 6.24. The van der Waals surface area contributed by atoms with Gasteiger partial charge in [0.2, 0.25) is 0 Å². The molecule has 1 rings (SSSR count). The predicted octanol–water partition coefficient (Wildman–Crippen LogP) is 1.88. The molecule has 1 aromatic rings. The third-order valence-electron chi connectivity index (χ3n) is 1.89. The number of benzene rings is 1. The van der Waals surface area contributed by atoms with Crippen molar-refractivity contribution in [1.82, 2.24) is 0 Å². The lowest BCUT2D eigenvalue weighted by molar-refractivity contribution is -0.384. The number of hydrogen-bond donors (Lipinski definition) is 1. The van der Waals surface area contributed by atoms with Crippen molar-refractivity contribution in [3.63, 3.8) is 0 Å². The van der Waals surface area contributed by atoms with E-state index < -0.39 is 4.92 Å². The molecule has 0 aromatic heterocycles. The van der Waals surface area contributed by atoms with E-state index in [0.717, 1.165) is 0 Å². The van der Waals surface area contributed by atoms with Crippen LogP contribution in [0.4, 0.5) is 5.69 Å². The quantitative estimate of drug-likeness (QED) is 0.270. The molecule has 0 aliphatic rings. The molecular weight excluding hydrogens is 230 g/mol. The van der Waals surface area contributed by atoms with Crippen molar-refractivity contribution in [3.05, 3.63) is 33.9 Å². The second-order valence-corrected chi connectivity index (χ2v) is 4.16. The molecule has 0 spiro atoms. The van der Waals surface area contributed by atoms with Gasteiger partial charge in [0.25, 0.3) is 5.69 Å². The number of nitro groups is 1. The van der Waals surface area contributed by atoms with Crippen LogP contribution >= 0.6 is 11.8 Å². The molecule has 0 aliphatic heterocycles. The number of carbonyl (C=O) groups excluding carboxylic acids is 1. The summed E-state index contributed by atoms with van der Waals surface area (Å²) in [5.74, 6) is 0.676. The van der Waals surface area contributed by atoms with Crippen LogP contribution in [0.1, 0.15) is 16.8 Å². The summed E-state index contributed by atoms with van der Waals surface area (Å²) in [5, 5.41) is 19.1. The van der Waals surface area contributed by atoms with Gasteiger partial charge in [-0.3, -0.25) is 14.9 Å². The molecular formula is C10H11NO4S. The van der Waals surface area contributed by atoms with Crippen LogP contribution in [0.2, 0.25) is 0 Å². The van der Waals surface area contributed by atoms with Crippen molar-refractivity contribution in [3.8, 4) is 0 Å². The van der Waals surface area contributed by atoms with Gasteiger partial charge < -0.3 is 5.11 Å². The molecule has 16 heavy (non-hydrogen) atoms. The van der Waals surface area contributed by atoms with E-state index in [4.69, 9.17) is 5.11 Å². The fourth-order valence-corrected chi connectivity index (χ4v) is 2.05. The highest BCUT2D eigenvalue weighted by Crippen LogP contribution is 2.25. The first-order valence-corrected chi connectivity index (χ1v) is 5.65. The SMILES string of the molecule is O=Cc1cc([N+](=O)[O-])ccc1SCCCO. The Bertz CT molecular complexity index is 394. The lowest BCUT2D eigenvalue weighted by atomic mass is 10.2. The molecule has 0 atom stereocenters. The Kier molecular flexibility index (Phi) is 4.94. The summed E-state index contributed by atoms with van der Waals surface area (Å²) < 4.78 is 0. The fraction of sp³-hybridized carbons (Fsp3) is 0.300. The Morgan fingerprint density at radius 1 is 1.50 bits per heavy atom. The number of rotatable bonds is 6. The molecule has 0 aliphatic carbocycles. The van der Waals surface area contributed by atoms with Gasteiger partial charge in [0, 0.05) is 35.0 Å². The van der Waals surface area contributed by atoms with Gasteiger partial charge in [-0.1, -0.05) is 0 Å². The third kappa shape index (κ3) is 3.32. The van der Waals surface area contributed by atoms with Crippen molar-refractivity contribution in [2.24, 2.45) is 0 Å². The van der Waals surface area contributed by atoms with E-state index in [1.807, 2.05) is 0 Å². The molecule has 1 N–H and O–H groups in total. The minimum atomic E-state index is -0.533. The number of aldehydes is 1. The summed E-state index contributed by atoms with van der Waals surface area (Å²) in [6.07, 6.45) is 1.23. The first-order valence-electron chi connectivity index (χ1n) is 4.66. The Balaban J connectivity index is 2.84. The largest absolute Gasteiger partial charge is 0.396 e. The summed E-state index contributed by atoms with van der Waals surface area (Å²) in [6, 6.07) is 4.19. The minimum Gasteiger partial charge on any atom is -0.396 e. The third-order valence-corrected chi connectivity index (χ3v) is 3.07. The number of hydrogen-bond acceptors (Lipinski definition) is 5. The average Bonchev–Trinajstić information content (AvgIpc) is 2.29. The highest BCUT2D eigenvalue weighted by atomic mass is 32.2. The maximum Gasteiger partial charge on any atom is 0.270 e. The van der Waals surface area contributed by atoms with Crippen LogP contribution in [0.15, 0.2) is 23.1 Å². The molecule has 5 nitrogen and oxygen atoms in total. The molecule has 0 saturated heterocycles. The number of non-ortho nitro benzene ring substituents is 1. The predicted molar refractivity (Wildman–Crippen MR) is 60.9 cm³/mol. The molecule has 0 saturated carbocycles. The van der Waals surface area contributed by atoms with E-state index in [-0.39, 0.29) is 12.3 Å². The molecule has 0 radical (unpaired) electrons. The van der Waals surface area contributed by atoms with E-state index in [1.165, 1.54) is 23.9 Å². The van der Waals surface area contributed by atoms with Gasteiger partial charge in [0.05, 0.1) is 4.92 Å².